The van der Waals surface area contributed by atoms with E-state index in [1.54, 1.807) is 23.0 Å². The molecule has 1 saturated heterocycles. The Bertz CT molecular complexity index is 1340. The molecule has 0 bridgehead atoms. The van der Waals surface area contributed by atoms with E-state index in [2.05, 4.69) is 39.7 Å². The Hall–Kier alpha value is -3.33. The van der Waals surface area contributed by atoms with E-state index in [0.29, 0.717) is 29.0 Å². The van der Waals surface area contributed by atoms with Gasteiger partial charge in [-0.3, -0.25) is 0 Å². The fourth-order valence-corrected chi connectivity index (χ4v) is 5.04. The minimum atomic E-state index is -1.08. The first-order valence-electron chi connectivity index (χ1n) is 11.0. The molecule has 9 heteroatoms. The number of halogens is 1. The van der Waals surface area contributed by atoms with Gasteiger partial charge in [-0.05, 0) is 65.3 Å². The second kappa shape index (κ2) is 7.34. The first kappa shape index (κ1) is 21.5. The van der Waals surface area contributed by atoms with Gasteiger partial charge in [0.1, 0.15) is 11.9 Å². The molecule has 4 heterocycles. The normalized spacial score (nSPS) is 22.0. The van der Waals surface area contributed by atoms with Crippen molar-refractivity contribution in [2.45, 2.75) is 64.3 Å². The van der Waals surface area contributed by atoms with Crippen LogP contribution in [0, 0.1) is 6.92 Å². The lowest BCUT2D eigenvalue weighted by Gasteiger charge is -2.49. The number of hydrogen-bond donors (Lipinski definition) is 2. The van der Waals surface area contributed by atoms with Crippen molar-refractivity contribution >= 4 is 11.0 Å². The number of nitrogens with zero attached hydrogens (tertiary/aromatic N) is 6. The number of rotatable bonds is 3. The zero-order chi connectivity index (χ0) is 23.5. The zero-order valence-electron chi connectivity index (χ0n) is 19.4. The molecule has 33 heavy (non-hydrogen) atoms. The van der Waals surface area contributed by atoms with Gasteiger partial charge in [-0.25, -0.2) is 9.07 Å². The lowest BCUT2D eigenvalue weighted by atomic mass is 9.78. The van der Waals surface area contributed by atoms with Crippen molar-refractivity contribution in [3.63, 3.8) is 0 Å². The minimum absolute atomic E-state index is 0.0689. The molecule has 2 N–H and O–H groups in total. The second-order valence-electron chi connectivity index (χ2n) is 10.1. The maximum absolute atomic E-state index is 15.5. The van der Waals surface area contributed by atoms with Gasteiger partial charge in [0.05, 0.1) is 29.3 Å². The number of piperidine rings is 1. The van der Waals surface area contributed by atoms with E-state index in [1.807, 2.05) is 49.7 Å². The highest BCUT2D eigenvalue weighted by Gasteiger charge is 2.47. The van der Waals surface area contributed by atoms with Gasteiger partial charge in [-0.1, -0.05) is 5.21 Å². The fraction of sp³-hybridized carbons (Fsp3) is 0.417. The topological polar surface area (TPSA) is 93.7 Å². The number of hydrogen-bond acceptors (Lipinski definition) is 6. The van der Waals surface area contributed by atoms with Gasteiger partial charge in [-0.15, -0.1) is 15.3 Å². The third-order valence-electron chi connectivity index (χ3n) is 6.36. The molecule has 2 atom stereocenters. The highest BCUT2D eigenvalue weighted by atomic mass is 19.1. The molecule has 4 aromatic rings. The van der Waals surface area contributed by atoms with Crippen molar-refractivity contribution in [3.8, 4) is 22.7 Å². The third kappa shape index (κ3) is 3.76. The second-order valence-corrected chi connectivity index (χ2v) is 10.1. The predicted molar refractivity (Wildman–Crippen MR) is 124 cm³/mol. The Labute approximate surface area is 191 Å². The van der Waals surface area contributed by atoms with Crippen molar-refractivity contribution in [2.24, 2.45) is 0 Å². The number of phenols is 1. The summed E-state index contributed by atoms with van der Waals surface area (Å²) < 4.78 is 19.0. The molecule has 3 aromatic heterocycles. The summed E-state index contributed by atoms with van der Waals surface area (Å²) in [5.41, 5.74) is 2.35. The summed E-state index contributed by atoms with van der Waals surface area (Å²) in [7, 11) is 0. The molecule has 5 rings (SSSR count). The molecule has 0 amide bonds. The fourth-order valence-electron chi connectivity index (χ4n) is 5.04. The minimum Gasteiger partial charge on any atom is -0.507 e. The van der Waals surface area contributed by atoms with Crippen molar-refractivity contribution in [1.82, 2.24) is 35.1 Å². The number of aromatic nitrogens is 6. The number of phenolic OH excluding ortho intramolecular Hbond substituents is 1. The summed E-state index contributed by atoms with van der Waals surface area (Å²) in [6, 6.07) is 8.68. The lowest BCUT2D eigenvalue weighted by molar-refractivity contribution is 0.0313. The summed E-state index contributed by atoms with van der Waals surface area (Å²) in [4.78, 5) is 0. The largest absolute Gasteiger partial charge is 0.507 e. The molecule has 1 fully saturated rings. The Balaban J connectivity index is 1.50. The smallest absolute Gasteiger partial charge is 0.162 e. The summed E-state index contributed by atoms with van der Waals surface area (Å²) in [6.07, 6.45) is 3.22. The number of fused-ring (bicyclic) bond motifs is 1. The Kier molecular flexibility index (Phi) is 4.79. The summed E-state index contributed by atoms with van der Waals surface area (Å²) in [5, 5.41) is 31.7. The van der Waals surface area contributed by atoms with Crippen LogP contribution in [0.5, 0.6) is 5.75 Å². The van der Waals surface area contributed by atoms with Crippen LogP contribution in [0.3, 0.4) is 0 Å². The molecule has 172 valence electrons. The molecule has 0 saturated carbocycles. The number of benzene rings is 1. The van der Waals surface area contributed by atoms with Crippen LogP contribution in [0.25, 0.3) is 28.0 Å². The van der Waals surface area contributed by atoms with E-state index in [0.717, 1.165) is 11.1 Å². The van der Waals surface area contributed by atoms with E-state index in [9.17, 15) is 5.11 Å². The van der Waals surface area contributed by atoms with Crippen molar-refractivity contribution in [2.75, 3.05) is 0 Å². The highest BCUT2D eigenvalue weighted by Crippen LogP contribution is 2.40. The Morgan fingerprint density at radius 1 is 1.09 bits per heavy atom. The van der Waals surface area contributed by atoms with Crippen LogP contribution in [0.1, 0.15) is 45.9 Å². The van der Waals surface area contributed by atoms with Crippen molar-refractivity contribution < 1.29 is 9.50 Å². The van der Waals surface area contributed by atoms with E-state index in [1.165, 1.54) is 0 Å². The van der Waals surface area contributed by atoms with Crippen LogP contribution < -0.4 is 5.32 Å². The molecular weight excluding hydrogens is 421 g/mol. The van der Waals surface area contributed by atoms with Gasteiger partial charge in [0, 0.05) is 34.3 Å². The summed E-state index contributed by atoms with van der Waals surface area (Å²) >= 11 is 0. The van der Waals surface area contributed by atoms with Crippen LogP contribution in [0.15, 0.2) is 42.7 Å². The number of aromatic hydroxyl groups is 1. The van der Waals surface area contributed by atoms with E-state index in [-0.39, 0.29) is 17.3 Å². The van der Waals surface area contributed by atoms with Gasteiger partial charge in [0.15, 0.2) is 5.65 Å². The van der Waals surface area contributed by atoms with E-state index in [4.69, 9.17) is 0 Å². The average molecular weight is 450 g/mol. The van der Waals surface area contributed by atoms with Gasteiger partial charge in [0.2, 0.25) is 0 Å². The monoisotopic (exact) mass is 449 g/mol. The average Bonchev–Trinajstić information content (AvgIpc) is 3.35. The predicted octanol–water partition coefficient (Wildman–Crippen LogP) is 4.12. The molecule has 1 aliphatic rings. The standard InChI is InChI=1S/C24H28FN7O/c1-14-13-32(30-26-14)16-6-7-17(20(33)11-16)18-10-15-8-9-31(22(15)28-27-18)19-12-23(2,3)29-24(4,5)21(19)25/h6-11,13,19,21,29,33H,12H2,1-5H3/t19-,21-/m0/s1. The molecular formula is C24H28FN7O. The number of nitrogens with one attached hydrogen (secondary N) is 1. The molecule has 1 aromatic carbocycles. The van der Waals surface area contributed by atoms with Crippen LogP contribution in [0.2, 0.25) is 0 Å². The summed E-state index contributed by atoms with van der Waals surface area (Å²) in [6.45, 7) is 9.83. The van der Waals surface area contributed by atoms with Gasteiger partial charge < -0.3 is 15.0 Å². The third-order valence-corrected chi connectivity index (χ3v) is 6.36. The van der Waals surface area contributed by atoms with Crippen LogP contribution in [-0.4, -0.2) is 52.1 Å². The number of alkyl halides is 1. The molecule has 0 spiro atoms. The highest BCUT2D eigenvalue weighted by molar-refractivity contribution is 5.81. The van der Waals surface area contributed by atoms with Gasteiger partial charge in [0.25, 0.3) is 0 Å². The molecule has 1 aliphatic heterocycles. The molecule has 8 nitrogen and oxygen atoms in total. The lowest BCUT2D eigenvalue weighted by Crippen LogP contribution is -2.64. The SMILES string of the molecule is Cc1cn(-c2ccc(-c3cc4ccn([C@H]5CC(C)(C)NC(C)(C)[C@H]5F)c4nn3)c(O)c2)nn1. The quantitative estimate of drug-likeness (QED) is 0.489. The van der Waals surface area contributed by atoms with Crippen molar-refractivity contribution in [1.29, 1.82) is 0 Å². The number of aryl methyl sites for hydroxylation is 1. The maximum atomic E-state index is 15.5. The first-order chi connectivity index (χ1) is 15.5. The van der Waals surface area contributed by atoms with E-state index < -0.39 is 11.7 Å². The van der Waals surface area contributed by atoms with Crippen LogP contribution in [0.4, 0.5) is 4.39 Å². The van der Waals surface area contributed by atoms with Crippen molar-refractivity contribution in [3.05, 3.63) is 48.4 Å². The summed E-state index contributed by atoms with van der Waals surface area (Å²) in [5.74, 6) is 0.0689. The maximum Gasteiger partial charge on any atom is 0.162 e. The van der Waals surface area contributed by atoms with Crippen LogP contribution >= 0.6 is 0 Å². The van der Waals surface area contributed by atoms with Gasteiger partial charge in [-0.2, -0.15) is 0 Å². The van der Waals surface area contributed by atoms with Crippen LogP contribution in [-0.2, 0) is 0 Å². The molecule has 0 aliphatic carbocycles. The first-order valence-corrected chi connectivity index (χ1v) is 11.0. The molecule has 0 radical (unpaired) electrons. The Morgan fingerprint density at radius 2 is 1.88 bits per heavy atom. The Morgan fingerprint density at radius 3 is 2.58 bits per heavy atom. The van der Waals surface area contributed by atoms with Gasteiger partial charge >= 0.3 is 0 Å². The molecule has 0 unspecified atom stereocenters. The van der Waals surface area contributed by atoms with E-state index >= 15 is 4.39 Å². The zero-order valence-corrected chi connectivity index (χ0v) is 19.4.